The van der Waals surface area contributed by atoms with E-state index in [0.717, 1.165) is 10.6 Å². The smallest absolute Gasteiger partial charge is 0.242 e. The van der Waals surface area contributed by atoms with Crippen LogP contribution in [0.1, 0.15) is 25.3 Å². The molecule has 1 N–H and O–H groups in total. The Kier molecular flexibility index (Phi) is 9.51. The van der Waals surface area contributed by atoms with E-state index < -0.39 is 21.9 Å². The van der Waals surface area contributed by atoms with Gasteiger partial charge in [0.05, 0.1) is 11.9 Å². The summed E-state index contributed by atoms with van der Waals surface area (Å²) < 4.78 is 39.6. The summed E-state index contributed by atoms with van der Waals surface area (Å²) >= 11 is 12.2. The first-order chi connectivity index (χ1) is 15.5. The fourth-order valence-electron chi connectivity index (χ4n) is 3.26. The van der Waals surface area contributed by atoms with Gasteiger partial charge in [-0.25, -0.2) is 12.8 Å². The molecule has 7 nitrogen and oxygen atoms in total. The fraction of sp³-hybridized carbons (Fsp3) is 0.364. The fourth-order valence-corrected chi connectivity index (χ4v) is 4.70. The molecule has 0 spiro atoms. The number of benzene rings is 2. The number of halogens is 3. The highest BCUT2D eigenvalue weighted by Gasteiger charge is 2.27. The van der Waals surface area contributed by atoms with Gasteiger partial charge in [0.2, 0.25) is 21.8 Å². The summed E-state index contributed by atoms with van der Waals surface area (Å²) in [4.78, 5) is 26.7. The zero-order chi connectivity index (χ0) is 24.8. The zero-order valence-electron chi connectivity index (χ0n) is 18.5. The number of hydrogen-bond acceptors (Lipinski definition) is 4. The lowest BCUT2D eigenvalue weighted by molar-refractivity contribution is -0.140. The molecule has 0 saturated heterocycles. The quantitative estimate of drug-likeness (QED) is 0.518. The van der Waals surface area contributed by atoms with Gasteiger partial charge in [-0.05, 0) is 43.2 Å². The van der Waals surface area contributed by atoms with Crippen LogP contribution in [0.5, 0.6) is 0 Å². The van der Waals surface area contributed by atoms with Crippen molar-refractivity contribution in [1.29, 1.82) is 0 Å². The molecule has 2 aromatic carbocycles. The van der Waals surface area contributed by atoms with E-state index in [0.29, 0.717) is 15.6 Å². The molecule has 0 aliphatic rings. The van der Waals surface area contributed by atoms with Gasteiger partial charge in [-0.15, -0.1) is 0 Å². The summed E-state index contributed by atoms with van der Waals surface area (Å²) in [6.45, 7) is 1.55. The third-order valence-electron chi connectivity index (χ3n) is 5.04. The van der Waals surface area contributed by atoms with Crippen molar-refractivity contribution in [1.82, 2.24) is 10.2 Å². The minimum atomic E-state index is -3.78. The molecule has 0 heterocycles. The number of carbonyl (C=O) groups is 2. The predicted octanol–water partition coefficient (Wildman–Crippen LogP) is 3.84. The topological polar surface area (TPSA) is 86.8 Å². The lowest BCUT2D eigenvalue weighted by Gasteiger charge is -2.29. The Bertz CT molecular complexity index is 1110. The van der Waals surface area contributed by atoms with Crippen LogP contribution in [0.25, 0.3) is 0 Å². The van der Waals surface area contributed by atoms with Crippen LogP contribution in [0, 0.1) is 5.82 Å². The first-order valence-corrected chi connectivity index (χ1v) is 12.7. The molecule has 0 fully saturated rings. The molecule has 2 amide bonds. The van der Waals surface area contributed by atoms with Crippen molar-refractivity contribution in [2.24, 2.45) is 0 Å². The number of anilines is 1. The second kappa shape index (κ2) is 11.7. The van der Waals surface area contributed by atoms with Gasteiger partial charge in [0.1, 0.15) is 11.9 Å². The van der Waals surface area contributed by atoms with Crippen molar-refractivity contribution in [3.05, 3.63) is 63.9 Å². The Morgan fingerprint density at radius 3 is 2.39 bits per heavy atom. The minimum absolute atomic E-state index is 0.0620. The van der Waals surface area contributed by atoms with Gasteiger partial charge in [-0.2, -0.15) is 0 Å². The Balaban J connectivity index is 2.19. The molecule has 0 aliphatic carbocycles. The maximum atomic E-state index is 14.2. The van der Waals surface area contributed by atoms with Gasteiger partial charge in [-0.1, -0.05) is 41.4 Å². The average Bonchev–Trinajstić information content (AvgIpc) is 2.75. The highest BCUT2D eigenvalue weighted by molar-refractivity contribution is 7.92. The molecular weight excluding hydrogens is 492 g/mol. The molecule has 0 bridgehead atoms. The van der Waals surface area contributed by atoms with Crippen molar-refractivity contribution < 1.29 is 22.4 Å². The monoisotopic (exact) mass is 517 g/mol. The molecule has 0 unspecified atom stereocenters. The van der Waals surface area contributed by atoms with Crippen LogP contribution in [0.3, 0.4) is 0 Å². The van der Waals surface area contributed by atoms with Gasteiger partial charge >= 0.3 is 0 Å². The highest BCUT2D eigenvalue weighted by Crippen LogP contribution is 2.25. The molecule has 33 heavy (non-hydrogen) atoms. The largest absolute Gasteiger partial charge is 0.357 e. The SMILES string of the molecule is CNC(=O)[C@@H](C)N(Cc1ccc(Cl)cc1Cl)C(=O)CCCN(c1ccccc1F)S(C)(=O)=O. The van der Waals surface area contributed by atoms with E-state index in [-0.39, 0.29) is 43.4 Å². The van der Waals surface area contributed by atoms with E-state index in [1.807, 2.05) is 0 Å². The van der Waals surface area contributed by atoms with Crippen LogP contribution in [0.15, 0.2) is 42.5 Å². The molecule has 0 saturated carbocycles. The van der Waals surface area contributed by atoms with Gasteiger partial charge in [0.15, 0.2) is 0 Å². The number of amides is 2. The van der Waals surface area contributed by atoms with Gasteiger partial charge < -0.3 is 10.2 Å². The van der Waals surface area contributed by atoms with Crippen molar-refractivity contribution in [3.8, 4) is 0 Å². The van der Waals surface area contributed by atoms with Crippen molar-refractivity contribution in [3.63, 3.8) is 0 Å². The lowest BCUT2D eigenvalue weighted by atomic mass is 10.1. The maximum Gasteiger partial charge on any atom is 0.242 e. The zero-order valence-corrected chi connectivity index (χ0v) is 20.8. The first-order valence-electron chi connectivity index (χ1n) is 10.1. The van der Waals surface area contributed by atoms with Crippen LogP contribution >= 0.6 is 23.2 Å². The van der Waals surface area contributed by atoms with Crippen LogP contribution in [-0.4, -0.2) is 51.0 Å². The highest BCUT2D eigenvalue weighted by atomic mass is 35.5. The number of sulfonamides is 1. The van der Waals surface area contributed by atoms with Crippen LogP contribution in [0.4, 0.5) is 10.1 Å². The molecule has 11 heteroatoms. The third kappa shape index (κ3) is 7.31. The van der Waals surface area contributed by atoms with Crippen molar-refractivity contribution in [2.75, 3.05) is 24.2 Å². The molecule has 0 radical (unpaired) electrons. The summed E-state index contributed by atoms with van der Waals surface area (Å²) in [6.07, 6.45) is 1.03. The summed E-state index contributed by atoms with van der Waals surface area (Å²) in [5, 5.41) is 3.31. The second-order valence-corrected chi connectivity index (χ2v) is 10.2. The van der Waals surface area contributed by atoms with E-state index in [4.69, 9.17) is 23.2 Å². The number of likely N-dealkylation sites (N-methyl/N-ethyl adjacent to an activating group) is 1. The maximum absolute atomic E-state index is 14.2. The Morgan fingerprint density at radius 2 is 1.82 bits per heavy atom. The Labute approximate surface area is 203 Å². The number of carbonyl (C=O) groups excluding carboxylic acids is 2. The minimum Gasteiger partial charge on any atom is -0.357 e. The molecular formula is C22H26Cl2FN3O4S. The Morgan fingerprint density at radius 1 is 1.15 bits per heavy atom. The molecule has 2 rings (SSSR count). The average molecular weight is 518 g/mol. The lowest BCUT2D eigenvalue weighted by Crippen LogP contribution is -2.46. The van der Waals surface area contributed by atoms with Gasteiger partial charge in [0.25, 0.3) is 0 Å². The molecule has 180 valence electrons. The predicted molar refractivity (Wildman–Crippen MR) is 128 cm³/mol. The Hall–Kier alpha value is -2.36. The van der Waals surface area contributed by atoms with E-state index in [2.05, 4.69) is 5.32 Å². The number of hydrogen-bond donors (Lipinski definition) is 1. The second-order valence-electron chi connectivity index (χ2n) is 7.44. The normalized spacial score (nSPS) is 12.2. The van der Waals surface area contributed by atoms with Gasteiger partial charge in [0, 0.05) is 36.6 Å². The van der Waals surface area contributed by atoms with E-state index in [1.54, 1.807) is 25.1 Å². The van der Waals surface area contributed by atoms with E-state index in [9.17, 15) is 22.4 Å². The van der Waals surface area contributed by atoms with Crippen LogP contribution < -0.4 is 9.62 Å². The molecule has 0 aliphatic heterocycles. The molecule has 2 aromatic rings. The van der Waals surface area contributed by atoms with E-state index in [1.165, 1.54) is 36.2 Å². The summed E-state index contributed by atoms with van der Waals surface area (Å²) in [7, 11) is -2.31. The van der Waals surface area contributed by atoms with Gasteiger partial charge in [-0.3, -0.25) is 13.9 Å². The molecule has 1 atom stereocenters. The third-order valence-corrected chi connectivity index (χ3v) is 6.81. The number of nitrogens with zero attached hydrogens (tertiary/aromatic N) is 2. The number of nitrogens with one attached hydrogen (secondary N) is 1. The molecule has 0 aromatic heterocycles. The summed E-state index contributed by atoms with van der Waals surface area (Å²) in [6, 6.07) is 9.57. The van der Waals surface area contributed by atoms with Crippen molar-refractivity contribution >= 4 is 50.7 Å². The summed E-state index contributed by atoms with van der Waals surface area (Å²) in [5.41, 5.74) is 0.519. The summed E-state index contributed by atoms with van der Waals surface area (Å²) in [5.74, 6) is -1.42. The first kappa shape index (κ1) is 26.9. The van der Waals surface area contributed by atoms with Crippen LogP contribution in [0.2, 0.25) is 10.0 Å². The van der Waals surface area contributed by atoms with Crippen LogP contribution in [-0.2, 0) is 26.2 Å². The number of rotatable bonds is 10. The van der Waals surface area contributed by atoms with Crippen molar-refractivity contribution in [2.45, 2.75) is 32.4 Å². The van der Waals surface area contributed by atoms with E-state index >= 15 is 0 Å². The number of para-hydroxylation sites is 1. The standard InChI is InChI=1S/C22H26Cl2FN3O4S/c1-15(22(30)26-2)27(14-16-10-11-17(23)13-18(16)24)21(29)9-6-12-28(33(3,31)32)20-8-5-4-7-19(20)25/h4-5,7-8,10-11,13,15H,6,9,12,14H2,1-3H3,(H,26,30)/t15-/m1/s1.